The third kappa shape index (κ3) is 3.84. The lowest BCUT2D eigenvalue weighted by molar-refractivity contribution is -0.118. The van der Waals surface area contributed by atoms with E-state index in [2.05, 4.69) is 26.4 Å². The molecule has 0 saturated carbocycles. The van der Waals surface area contributed by atoms with Gasteiger partial charge >= 0.3 is 0 Å². The Kier molecular flexibility index (Phi) is 5.62. The van der Waals surface area contributed by atoms with E-state index in [1.165, 1.54) is 0 Å². The van der Waals surface area contributed by atoms with E-state index in [1.54, 1.807) is 13.0 Å². The number of benzene rings is 1. The molecule has 7 heteroatoms. The Bertz CT molecular complexity index is 520. The molecular weight excluding hydrogens is 334 g/mol. The number of anilines is 1. The quantitative estimate of drug-likeness (QED) is 0.338. The predicted molar refractivity (Wildman–Crippen MR) is 79.7 cm³/mol. The first-order valence-electron chi connectivity index (χ1n) is 5.64. The Morgan fingerprint density at radius 2 is 2.26 bits per heavy atom. The maximum Gasteiger partial charge on any atom is 0.235 e. The molecule has 0 spiro atoms. The van der Waals surface area contributed by atoms with Crippen LogP contribution in [0.2, 0.25) is 5.02 Å². The molecule has 5 nitrogen and oxygen atoms in total. The Labute approximate surface area is 124 Å². The lowest BCUT2D eigenvalue weighted by Crippen LogP contribution is -2.34. The van der Waals surface area contributed by atoms with E-state index in [0.29, 0.717) is 17.1 Å². The second kappa shape index (κ2) is 6.77. The highest BCUT2D eigenvalue weighted by atomic mass is 79.9. The number of nitrogens with two attached hydrogens (primary N) is 1. The normalized spacial score (nSPS) is 13.2. The monoisotopic (exact) mass is 347 g/mol. The van der Waals surface area contributed by atoms with E-state index in [9.17, 15) is 4.79 Å². The molecule has 0 aromatic heterocycles. The van der Waals surface area contributed by atoms with Crippen molar-refractivity contribution in [2.75, 3.05) is 5.32 Å². The second-order valence-electron chi connectivity index (χ2n) is 4.06. The number of oxime groups is 1. The van der Waals surface area contributed by atoms with Gasteiger partial charge in [-0.15, -0.1) is 0 Å². The number of nitrogens with zero attached hydrogens (tertiary/aromatic N) is 1. The van der Waals surface area contributed by atoms with Crippen LogP contribution >= 0.6 is 27.5 Å². The summed E-state index contributed by atoms with van der Waals surface area (Å²) in [4.78, 5) is 12.0. The van der Waals surface area contributed by atoms with E-state index >= 15 is 0 Å². The van der Waals surface area contributed by atoms with Gasteiger partial charge in [0.15, 0.2) is 5.84 Å². The minimum atomic E-state index is -0.683. The third-order valence-corrected chi connectivity index (χ3v) is 3.77. The molecule has 1 aromatic carbocycles. The highest BCUT2D eigenvalue weighted by molar-refractivity contribution is 9.10. The summed E-state index contributed by atoms with van der Waals surface area (Å²) in [5.41, 5.74) is 6.92. The molecule has 0 saturated heterocycles. The Balaban J connectivity index is 2.96. The van der Waals surface area contributed by atoms with Crippen molar-refractivity contribution in [3.63, 3.8) is 0 Å². The van der Waals surface area contributed by atoms with Crippen molar-refractivity contribution in [3.05, 3.63) is 27.2 Å². The molecule has 1 rings (SSSR count). The van der Waals surface area contributed by atoms with E-state index in [1.807, 2.05) is 13.0 Å². The van der Waals surface area contributed by atoms with Crippen molar-refractivity contribution in [1.29, 1.82) is 0 Å². The molecule has 1 amide bonds. The van der Waals surface area contributed by atoms with Gasteiger partial charge in [-0.25, -0.2) is 0 Å². The molecule has 1 aromatic rings. The number of amides is 1. The fourth-order valence-electron chi connectivity index (χ4n) is 1.56. The van der Waals surface area contributed by atoms with Crippen molar-refractivity contribution in [2.45, 2.75) is 20.3 Å². The molecule has 104 valence electrons. The summed E-state index contributed by atoms with van der Waals surface area (Å²) in [5, 5.41) is 14.8. The zero-order valence-electron chi connectivity index (χ0n) is 10.6. The first-order valence-corrected chi connectivity index (χ1v) is 6.81. The maximum atomic E-state index is 12.0. The number of nitrogens with one attached hydrogen (secondary N) is 1. The van der Waals surface area contributed by atoms with Crippen molar-refractivity contribution in [2.24, 2.45) is 16.8 Å². The van der Waals surface area contributed by atoms with Crippen LogP contribution in [0.1, 0.15) is 18.9 Å². The van der Waals surface area contributed by atoms with Crippen LogP contribution in [0.4, 0.5) is 5.69 Å². The Hall–Kier alpha value is -1.27. The molecular formula is C12H15BrClN3O2. The summed E-state index contributed by atoms with van der Waals surface area (Å²) in [7, 11) is 0. The molecule has 0 aliphatic carbocycles. The standard InChI is InChI=1S/C12H15BrClN3O2/c1-3-7(11(15)17-19)12(18)16-10-5-9(14)6(2)4-8(10)13/h4-5,7,19H,3H2,1-2H3,(H2,15,17)(H,16,18). The number of rotatable bonds is 4. The third-order valence-electron chi connectivity index (χ3n) is 2.70. The fourth-order valence-corrected chi connectivity index (χ4v) is 2.28. The summed E-state index contributed by atoms with van der Waals surface area (Å²) in [6.07, 6.45) is 0.430. The topological polar surface area (TPSA) is 87.7 Å². The van der Waals surface area contributed by atoms with Crippen molar-refractivity contribution in [3.8, 4) is 0 Å². The van der Waals surface area contributed by atoms with Crippen LogP contribution < -0.4 is 11.1 Å². The predicted octanol–water partition coefficient (Wildman–Crippen LogP) is 3.12. The minimum Gasteiger partial charge on any atom is -0.409 e. The number of halogens is 2. The van der Waals surface area contributed by atoms with Gasteiger partial charge < -0.3 is 16.3 Å². The average Bonchev–Trinajstić information content (AvgIpc) is 2.36. The largest absolute Gasteiger partial charge is 0.409 e. The van der Waals surface area contributed by atoms with E-state index < -0.39 is 5.92 Å². The number of carbonyl (C=O) groups excluding carboxylic acids is 1. The zero-order chi connectivity index (χ0) is 14.6. The van der Waals surface area contributed by atoms with Gasteiger partial charge in [0.2, 0.25) is 5.91 Å². The summed E-state index contributed by atoms with van der Waals surface area (Å²) in [5.74, 6) is -1.15. The number of hydrogen-bond acceptors (Lipinski definition) is 3. The minimum absolute atomic E-state index is 0.116. The van der Waals surface area contributed by atoms with Crippen LogP contribution in [0.25, 0.3) is 0 Å². The van der Waals surface area contributed by atoms with Gasteiger partial charge in [-0.3, -0.25) is 4.79 Å². The summed E-state index contributed by atoms with van der Waals surface area (Å²) >= 11 is 9.36. The highest BCUT2D eigenvalue weighted by Gasteiger charge is 2.22. The number of hydrogen-bond donors (Lipinski definition) is 3. The lowest BCUT2D eigenvalue weighted by Gasteiger charge is -2.15. The molecule has 19 heavy (non-hydrogen) atoms. The van der Waals surface area contributed by atoms with Gasteiger partial charge in [-0.05, 0) is 47.0 Å². The molecule has 0 bridgehead atoms. The average molecular weight is 349 g/mol. The Morgan fingerprint density at radius 1 is 1.63 bits per heavy atom. The van der Waals surface area contributed by atoms with Crippen LogP contribution in [0.3, 0.4) is 0 Å². The second-order valence-corrected chi connectivity index (χ2v) is 5.32. The van der Waals surface area contributed by atoms with Crippen LogP contribution in [-0.2, 0) is 4.79 Å². The molecule has 0 aliphatic heterocycles. The van der Waals surface area contributed by atoms with Crippen molar-refractivity contribution < 1.29 is 10.0 Å². The summed E-state index contributed by atoms with van der Waals surface area (Å²) < 4.78 is 0.720. The molecule has 0 heterocycles. The molecule has 1 unspecified atom stereocenters. The highest BCUT2D eigenvalue weighted by Crippen LogP contribution is 2.29. The summed E-state index contributed by atoms with van der Waals surface area (Å²) in [6, 6.07) is 3.46. The number of carbonyl (C=O) groups is 1. The maximum absolute atomic E-state index is 12.0. The van der Waals surface area contributed by atoms with Crippen LogP contribution in [0, 0.1) is 12.8 Å². The van der Waals surface area contributed by atoms with Crippen LogP contribution in [-0.4, -0.2) is 17.0 Å². The van der Waals surface area contributed by atoms with Gasteiger partial charge in [-0.2, -0.15) is 0 Å². The molecule has 4 N–H and O–H groups in total. The number of aryl methyl sites for hydroxylation is 1. The van der Waals surface area contributed by atoms with Crippen molar-refractivity contribution >= 4 is 45.0 Å². The lowest BCUT2D eigenvalue weighted by atomic mass is 10.0. The fraction of sp³-hybridized carbons (Fsp3) is 0.333. The number of amidine groups is 1. The smallest absolute Gasteiger partial charge is 0.235 e. The van der Waals surface area contributed by atoms with E-state index in [4.69, 9.17) is 22.5 Å². The first-order chi connectivity index (χ1) is 8.90. The molecule has 1 atom stereocenters. The molecule has 0 aliphatic rings. The Morgan fingerprint density at radius 3 is 2.79 bits per heavy atom. The first kappa shape index (κ1) is 15.8. The SMILES string of the molecule is CCC(C(=O)Nc1cc(Cl)c(C)cc1Br)/C(N)=N/O. The summed E-state index contributed by atoms with van der Waals surface area (Å²) in [6.45, 7) is 3.64. The van der Waals surface area contributed by atoms with Gasteiger partial charge in [0, 0.05) is 9.50 Å². The van der Waals surface area contributed by atoms with Gasteiger partial charge in [0.25, 0.3) is 0 Å². The van der Waals surface area contributed by atoms with Crippen LogP contribution in [0.15, 0.2) is 21.8 Å². The van der Waals surface area contributed by atoms with E-state index in [0.717, 1.165) is 10.0 Å². The van der Waals surface area contributed by atoms with E-state index in [-0.39, 0.29) is 11.7 Å². The zero-order valence-corrected chi connectivity index (χ0v) is 12.9. The van der Waals surface area contributed by atoms with Gasteiger partial charge in [-0.1, -0.05) is 23.7 Å². The van der Waals surface area contributed by atoms with Crippen molar-refractivity contribution in [1.82, 2.24) is 0 Å². The van der Waals surface area contributed by atoms with Gasteiger partial charge in [0.1, 0.15) is 0 Å². The molecule has 0 fully saturated rings. The van der Waals surface area contributed by atoms with Crippen LogP contribution in [0.5, 0.6) is 0 Å². The molecule has 0 radical (unpaired) electrons. The van der Waals surface area contributed by atoms with Gasteiger partial charge in [0.05, 0.1) is 11.6 Å².